The third-order valence-electron chi connectivity index (χ3n) is 8.31. The summed E-state index contributed by atoms with van der Waals surface area (Å²) in [5.41, 5.74) is 2.03. The Kier molecular flexibility index (Phi) is 14.1. The summed E-state index contributed by atoms with van der Waals surface area (Å²) < 4.78 is 54.6. The Morgan fingerprint density at radius 2 is 1.87 bits per heavy atom. The van der Waals surface area contributed by atoms with E-state index in [4.69, 9.17) is 4.74 Å². The maximum atomic E-state index is 14.9. The second-order valence-corrected chi connectivity index (χ2v) is 16.9. The van der Waals surface area contributed by atoms with E-state index in [9.17, 15) is 32.4 Å². The number of nitrogens with zero attached hydrogens (tertiary/aromatic N) is 6. The molecule has 0 fully saturated rings. The van der Waals surface area contributed by atoms with E-state index in [0.717, 1.165) is 15.8 Å². The van der Waals surface area contributed by atoms with Crippen LogP contribution in [0.2, 0.25) is 0 Å². The molecule has 0 aliphatic carbocycles. The van der Waals surface area contributed by atoms with Crippen LogP contribution in [-0.4, -0.2) is 106 Å². The number of aliphatic hydroxyl groups excluding tert-OH is 1. The molecule has 3 aromatic heterocycles. The molecule has 55 heavy (non-hydrogen) atoms. The largest absolute Gasteiger partial charge is 0.748 e. The number of ether oxygens (including phenoxy) is 1. The molecule has 0 amide bonds. The Bertz CT molecular complexity index is 2250. The molecule has 0 aliphatic heterocycles. The van der Waals surface area contributed by atoms with Crippen LogP contribution in [0, 0.1) is 24.6 Å². The molecule has 0 bridgehead atoms. The molecule has 5 aromatic rings. The van der Waals surface area contributed by atoms with Crippen LogP contribution in [0.3, 0.4) is 0 Å². The number of aromatic nitrogens is 4. The summed E-state index contributed by atoms with van der Waals surface area (Å²) in [4.78, 5) is 23.7. The van der Waals surface area contributed by atoms with Gasteiger partial charge in [-0.25, -0.2) is 27.6 Å². The maximum absolute atomic E-state index is 14.9. The lowest BCUT2D eigenvalue weighted by atomic mass is 10.2. The Balaban J connectivity index is 1.21. The van der Waals surface area contributed by atoms with Crippen LogP contribution in [0.4, 0.5) is 26.3 Å². The van der Waals surface area contributed by atoms with E-state index in [1.165, 1.54) is 34.8 Å². The Hall–Kier alpha value is -4.77. The van der Waals surface area contributed by atoms with Crippen LogP contribution in [-0.2, 0) is 16.5 Å². The van der Waals surface area contributed by atoms with Crippen molar-refractivity contribution in [2.24, 2.45) is 0 Å². The zero-order valence-corrected chi connectivity index (χ0v) is 33.1. The molecule has 3 heterocycles. The zero-order chi connectivity index (χ0) is 39.6. The number of anilines is 4. The van der Waals surface area contributed by atoms with Gasteiger partial charge in [-0.3, -0.25) is 0 Å². The molecule has 0 saturated heterocycles. The Morgan fingerprint density at radius 3 is 2.58 bits per heavy atom. The normalized spacial score (nSPS) is 11.7. The van der Waals surface area contributed by atoms with Gasteiger partial charge in [0.1, 0.15) is 6.54 Å². The molecule has 0 saturated carbocycles. The fraction of sp³-hybridized carbons (Fsp3) is 0.378. The highest BCUT2D eigenvalue weighted by Gasteiger charge is 2.23. The Labute approximate surface area is 327 Å². The van der Waals surface area contributed by atoms with Crippen LogP contribution in [0.15, 0.2) is 48.5 Å². The van der Waals surface area contributed by atoms with Gasteiger partial charge in [0.05, 0.1) is 47.6 Å². The molecule has 3 N–H and O–H groups in total. The average molecular weight is 812 g/mol. The topological polar surface area (TPSA) is 191 Å². The van der Waals surface area contributed by atoms with Gasteiger partial charge in [-0.2, -0.15) is 0 Å². The number of aryl methyl sites for hydroxylation is 2. The summed E-state index contributed by atoms with van der Waals surface area (Å²) in [5.74, 6) is 4.74. The molecule has 0 aliphatic rings. The minimum absolute atomic E-state index is 0.00388. The quantitative estimate of drug-likeness (QED) is 0.0398. The van der Waals surface area contributed by atoms with Gasteiger partial charge in [-0.1, -0.05) is 29.4 Å². The van der Waals surface area contributed by atoms with Crippen molar-refractivity contribution in [2.45, 2.75) is 39.0 Å². The van der Waals surface area contributed by atoms with Crippen molar-refractivity contribution >= 4 is 70.9 Å². The first-order valence-corrected chi connectivity index (χ1v) is 20.7. The SMILES string of the molecule is Cc1cc(N(CCCCO)c2nc(C(=O)O)c(CCCOc3ccc(C#CC[N+](C)(C)CCCS(=O)(=O)[O-])cc3F)s2)nnc1Nc1nc2ccccc2s1. The van der Waals surface area contributed by atoms with Crippen molar-refractivity contribution in [3.05, 3.63) is 76.0 Å². The van der Waals surface area contributed by atoms with Crippen molar-refractivity contribution in [3.8, 4) is 17.6 Å². The lowest BCUT2D eigenvalue weighted by Crippen LogP contribution is -2.41. The number of hydrogen-bond donors (Lipinski definition) is 3. The number of rotatable bonds is 19. The summed E-state index contributed by atoms with van der Waals surface area (Å²) >= 11 is 2.72. The monoisotopic (exact) mass is 811 g/mol. The van der Waals surface area contributed by atoms with Crippen molar-refractivity contribution in [2.75, 3.05) is 62.9 Å². The van der Waals surface area contributed by atoms with E-state index in [-0.39, 0.29) is 31.1 Å². The van der Waals surface area contributed by atoms with E-state index < -0.39 is 27.7 Å². The van der Waals surface area contributed by atoms with E-state index >= 15 is 0 Å². The first-order chi connectivity index (χ1) is 26.2. The molecule has 0 spiro atoms. The van der Waals surface area contributed by atoms with Gasteiger partial charge in [-0.05, 0) is 80.5 Å². The molecule has 2 aromatic carbocycles. The molecule has 14 nitrogen and oxygen atoms in total. The highest BCUT2D eigenvalue weighted by Crippen LogP contribution is 2.34. The van der Waals surface area contributed by atoms with Crippen molar-refractivity contribution in [1.29, 1.82) is 0 Å². The maximum Gasteiger partial charge on any atom is 0.355 e. The number of carboxylic acid groups (broad SMARTS) is 1. The number of nitrogens with one attached hydrogen (secondary N) is 1. The van der Waals surface area contributed by atoms with E-state index in [0.29, 0.717) is 82.1 Å². The number of quaternary nitrogens is 1. The second kappa shape index (κ2) is 18.7. The number of fused-ring (bicyclic) bond motifs is 1. The van der Waals surface area contributed by atoms with Gasteiger partial charge in [0.2, 0.25) is 0 Å². The number of halogens is 1. The number of benzene rings is 2. The summed E-state index contributed by atoms with van der Waals surface area (Å²) in [6, 6.07) is 14.0. The highest BCUT2D eigenvalue weighted by molar-refractivity contribution is 7.85. The van der Waals surface area contributed by atoms with Crippen molar-refractivity contribution in [1.82, 2.24) is 20.2 Å². The van der Waals surface area contributed by atoms with Crippen LogP contribution in [0.5, 0.6) is 5.75 Å². The number of unbranched alkanes of at least 4 members (excludes halogenated alkanes) is 1. The van der Waals surface area contributed by atoms with Gasteiger partial charge >= 0.3 is 5.97 Å². The van der Waals surface area contributed by atoms with Crippen LogP contribution < -0.4 is 15.0 Å². The average Bonchev–Trinajstić information content (AvgIpc) is 3.74. The first kappa shape index (κ1) is 41.4. The summed E-state index contributed by atoms with van der Waals surface area (Å²) in [6.07, 6.45) is 2.06. The lowest BCUT2D eigenvalue weighted by molar-refractivity contribution is -0.883. The van der Waals surface area contributed by atoms with Gasteiger partial charge in [-0.15, -0.1) is 21.5 Å². The molecular formula is C37H42FN7O7S3. The molecule has 0 unspecified atom stereocenters. The van der Waals surface area contributed by atoms with Gasteiger partial charge in [0.15, 0.2) is 39.2 Å². The summed E-state index contributed by atoms with van der Waals surface area (Å²) in [6.45, 7) is 3.25. The smallest absolute Gasteiger partial charge is 0.355 e. The standard InChI is InChI=1S/C37H42FN7O7S3/c1-25-23-32(42-43-34(25)41-36-39-28-12-4-5-13-30(28)53-36)44(17-6-7-20-46)37-40-33(35(47)48)31(54-37)14-9-21-52-29-16-15-26(24-27(29)38)11-8-18-45(2,3)19-10-22-55(49,50)51/h4-5,12-13,15-16,23-24,46H,6-7,9-10,14,17-22H2,1-3H3,(H2-,39,41,43,47,48,49,50,51). The number of aliphatic hydroxyl groups is 1. The highest BCUT2D eigenvalue weighted by atomic mass is 32.2. The summed E-state index contributed by atoms with van der Waals surface area (Å²) in [5, 5.41) is 32.7. The lowest BCUT2D eigenvalue weighted by Gasteiger charge is -2.27. The minimum Gasteiger partial charge on any atom is -0.748 e. The third kappa shape index (κ3) is 12.1. The number of aromatic carboxylic acids is 1. The number of carbonyl (C=O) groups is 1. The van der Waals surface area contributed by atoms with Gasteiger partial charge in [0, 0.05) is 35.8 Å². The summed E-state index contributed by atoms with van der Waals surface area (Å²) in [7, 11) is -0.535. The van der Waals surface area contributed by atoms with Crippen LogP contribution in [0.25, 0.3) is 10.2 Å². The fourth-order valence-corrected chi connectivity index (χ4v) is 7.93. The minimum atomic E-state index is -4.27. The van der Waals surface area contributed by atoms with E-state index in [2.05, 4.69) is 37.3 Å². The molecule has 5 rings (SSSR count). The first-order valence-electron chi connectivity index (χ1n) is 17.5. The zero-order valence-electron chi connectivity index (χ0n) is 30.6. The predicted octanol–water partition coefficient (Wildman–Crippen LogP) is 5.72. The Morgan fingerprint density at radius 1 is 1.07 bits per heavy atom. The van der Waals surface area contributed by atoms with E-state index in [1.807, 2.05) is 51.4 Å². The van der Waals surface area contributed by atoms with Crippen molar-refractivity contribution < 1.29 is 41.6 Å². The third-order valence-corrected chi connectivity index (χ3v) is 11.2. The molecule has 0 atom stereocenters. The van der Waals surface area contributed by atoms with Crippen molar-refractivity contribution in [3.63, 3.8) is 0 Å². The number of thiazole rings is 2. The fourth-order valence-electron chi connectivity index (χ4n) is 5.45. The number of para-hydroxylation sites is 1. The van der Waals surface area contributed by atoms with E-state index in [1.54, 1.807) is 11.0 Å². The number of hydrogen-bond acceptors (Lipinski definition) is 14. The number of carboxylic acids is 1. The molecule has 292 valence electrons. The van der Waals surface area contributed by atoms with Gasteiger partial charge < -0.3 is 34.2 Å². The van der Waals surface area contributed by atoms with Gasteiger partial charge in [0.25, 0.3) is 0 Å². The van der Waals surface area contributed by atoms with Crippen LogP contribution >= 0.6 is 22.7 Å². The molecular weight excluding hydrogens is 770 g/mol. The molecule has 0 radical (unpaired) electrons. The molecule has 18 heteroatoms. The second-order valence-electron chi connectivity index (χ2n) is 13.3. The predicted molar refractivity (Wildman–Crippen MR) is 210 cm³/mol. The van der Waals surface area contributed by atoms with Crippen LogP contribution in [0.1, 0.15) is 52.2 Å².